The third kappa shape index (κ3) is 2.52. The number of nitro groups is 1. The third-order valence-electron chi connectivity index (χ3n) is 4.41. The van der Waals surface area contributed by atoms with Gasteiger partial charge in [-0.3, -0.25) is 10.1 Å². The predicted octanol–water partition coefficient (Wildman–Crippen LogP) is 3.76. The summed E-state index contributed by atoms with van der Waals surface area (Å²) in [5.74, 6) is 0.773. The van der Waals surface area contributed by atoms with Gasteiger partial charge in [-0.25, -0.2) is 4.98 Å². The van der Waals surface area contributed by atoms with E-state index < -0.39 is 4.92 Å². The van der Waals surface area contributed by atoms with Gasteiger partial charge in [-0.05, 0) is 24.1 Å². The van der Waals surface area contributed by atoms with Crippen LogP contribution in [0.25, 0.3) is 16.5 Å². The Morgan fingerprint density at radius 1 is 1.21 bits per heavy atom. The number of pyridine rings is 1. The van der Waals surface area contributed by atoms with Gasteiger partial charge in [0.15, 0.2) is 0 Å². The molecule has 120 valence electrons. The van der Waals surface area contributed by atoms with Crippen molar-refractivity contribution in [3.8, 4) is 0 Å². The highest BCUT2D eigenvalue weighted by atomic mass is 16.6. The van der Waals surface area contributed by atoms with E-state index in [4.69, 9.17) is 0 Å². The van der Waals surface area contributed by atoms with Crippen molar-refractivity contribution >= 4 is 28.0 Å². The van der Waals surface area contributed by atoms with E-state index in [2.05, 4.69) is 45.3 Å². The maximum Gasteiger partial charge on any atom is 0.287 e. The Morgan fingerprint density at radius 2 is 2.08 bits per heavy atom. The molecule has 0 saturated carbocycles. The van der Waals surface area contributed by atoms with Crippen LogP contribution in [0.2, 0.25) is 0 Å². The van der Waals surface area contributed by atoms with Gasteiger partial charge < -0.3 is 9.88 Å². The molecule has 3 heterocycles. The quantitative estimate of drug-likeness (QED) is 0.589. The fourth-order valence-electron chi connectivity index (χ4n) is 3.13. The van der Waals surface area contributed by atoms with E-state index in [1.165, 1.54) is 28.8 Å². The maximum absolute atomic E-state index is 10.7. The molecule has 1 aromatic carbocycles. The Morgan fingerprint density at radius 3 is 2.79 bits per heavy atom. The standard InChI is InChI=1S/C18H16N4O2/c23-22(24)14-5-6-18(20-11-14)21-9-7-13(8-10-21)16-12-19-17-4-2-1-3-15(16)17/h1-7,11-12,19H,8-10H2. The van der Waals surface area contributed by atoms with Gasteiger partial charge in [-0.2, -0.15) is 0 Å². The molecule has 0 spiro atoms. The number of aromatic amines is 1. The van der Waals surface area contributed by atoms with Gasteiger partial charge in [0.2, 0.25) is 0 Å². The first-order valence-corrected chi connectivity index (χ1v) is 7.83. The number of rotatable bonds is 3. The van der Waals surface area contributed by atoms with Crippen molar-refractivity contribution in [3.63, 3.8) is 0 Å². The van der Waals surface area contributed by atoms with Gasteiger partial charge in [0.1, 0.15) is 12.0 Å². The van der Waals surface area contributed by atoms with E-state index in [-0.39, 0.29) is 5.69 Å². The predicted molar refractivity (Wildman–Crippen MR) is 94.0 cm³/mol. The molecule has 4 rings (SSSR count). The Bertz CT molecular complexity index is 928. The smallest absolute Gasteiger partial charge is 0.287 e. The number of nitrogens with one attached hydrogen (secondary N) is 1. The Hall–Kier alpha value is -3.15. The lowest BCUT2D eigenvalue weighted by Gasteiger charge is -2.27. The molecule has 0 radical (unpaired) electrons. The van der Waals surface area contributed by atoms with Crippen LogP contribution in [0.3, 0.4) is 0 Å². The second kappa shape index (κ2) is 5.81. The number of benzene rings is 1. The minimum absolute atomic E-state index is 0.0192. The van der Waals surface area contributed by atoms with Gasteiger partial charge in [-0.15, -0.1) is 0 Å². The first-order chi connectivity index (χ1) is 11.7. The van der Waals surface area contributed by atoms with Crippen LogP contribution in [0, 0.1) is 10.1 Å². The molecule has 24 heavy (non-hydrogen) atoms. The van der Waals surface area contributed by atoms with E-state index in [0.29, 0.717) is 0 Å². The summed E-state index contributed by atoms with van der Waals surface area (Å²) in [5.41, 5.74) is 3.74. The third-order valence-corrected chi connectivity index (χ3v) is 4.41. The summed E-state index contributed by atoms with van der Waals surface area (Å²) < 4.78 is 0. The molecule has 6 heteroatoms. The molecule has 0 bridgehead atoms. The first-order valence-electron chi connectivity index (χ1n) is 7.83. The number of hydrogen-bond acceptors (Lipinski definition) is 4. The average Bonchev–Trinajstić information content (AvgIpc) is 3.06. The van der Waals surface area contributed by atoms with E-state index in [1.54, 1.807) is 6.07 Å². The fourth-order valence-corrected chi connectivity index (χ4v) is 3.13. The normalized spacial score (nSPS) is 14.7. The molecule has 0 unspecified atom stereocenters. The largest absolute Gasteiger partial charge is 0.361 e. The van der Waals surface area contributed by atoms with E-state index in [9.17, 15) is 10.1 Å². The second-order valence-electron chi connectivity index (χ2n) is 5.81. The van der Waals surface area contributed by atoms with Crippen molar-refractivity contribution in [2.75, 3.05) is 18.0 Å². The molecule has 2 aromatic heterocycles. The maximum atomic E-state index is 10.7. The zero-order valence-electron chi connectivity index (χ0n) is 13.0. The van der Waals surface area contributed by atoms with E-state index in [1.807, 2.05) is 6.07 Å². The van der Waals surface area contributed by atoms with E-state index in [0.717, 1.165) is 30.8 Å². The number of para-hydroxylation sites is 1. The number of H-pyrrole nitrogens is 1. The molecule has 0 amide bonds. The van der Waals surface area contributed by atoms with Crippen LogP contribution in [0.4, 0.5) is 11.5 Å². The van der Waals surface area contributed by atoms with Crippen LogP contribution in [-0.4, -0.2) is 28.0 Å². The Labute approximate surface area is 138 Å². The lowest BCUT2D eigenvalue weighted by molar-refractivity contribution is -0.385. The highest BCUT2D eigenvalue weighted by molar-refractivity contribution is 5.93. The average molecular weight is 320 g/mol. The minimum Gasteiger partial charge on any atom is -0.361 e. The summed E-state index contributed by atoms with van der Waals surface area (Å²) in [6.45, 7) is 1.59. The topological polar surface area (TPSA) is 75.1 Å². The van der Waals surface area contributed by atoms with Gasteiger partial charge >= 0.3 is 0 Å². The van der Waals surface area contributed by atoms with E-state index >= 15 is 0 Å². The van der Waals surface area contributed by atoms with Gasteiger partial charge in [-0.1, -0.05) is 24.3 Å². The molecule has 1 N–H and O–H groups in total. The number of hydrogen-bond donors (Lipinski definition) is 1. The number of nitrogens with zero attached hydrogens (tertiary/aromatic N) is 3. The summed E-state index contributed by atoms with van der Waals surface area (Å²) >= 11 is 0. The molecular formula is C18H16N4O2. The van der Waals surface area contributed by atoms with Crippen LogP contribution in [0.15, 0.2) is 54.9 Å². The number of aromatic nitrogens is 2. The summed E-state index contributed by atoms with van der Waals surface area (Å²) in [4.78, 5) is 19.9. The van der Waals surface area contributed by atoms with Gasteiger partial charge in [0.05, 0.1) is 4.92 Å². The lowest BCUT2D eigenvalue weighted by Crippen LogP contribution is -2.28. The fraction of sp³-hybridized carbons (Fsp3) is 0.167. The van der Waals surface area contributed by atoms with Crippen LogP contribution in [0.5, 0.6) is 0 Å². The van der Waals surface area contributed by atoms with Gasteiger partial charge in [0, 0.05) is 41.8 Å². The summed E-state index contributed by atoms with van der Waals surface area (Å²) in [5, 5.41) is 12.0. The first kappa shape index (κ1) is 14.4. The van der Waals surface area contributed by atoms with Crippen molar-refractivity contribution in [2.24, 2.45) is 0 Å². The van der Waals surface area contributed by atoms with Crippen LogP contribution < -0.4 is 4.90 Å². The van der Waals surface area contributed by atoms with Crippen molar-refractivity contribution in [2.45, 2.75) is 6.42 Å². The van der Waals surface area contributed by atoms with Crippen molar-refractivity contribution in [1.29, 1.82) is 0 Å². The monoisotopic (exact) mass is 320 g/mol. The lowest BCUT2D eigenvalue weighted by atomic mass is 9.99. The highest BCUT2D eigenvalue weighted by Crippen LogP contribution is 2.30. The van der Waals surface area contributed by atoms with Crippen molar-refractivity contribution in [3.05, 3.63) is 70.5 Å². The zero-order chi connectivity index (χ0) is 16.5. The highest BCUT2D eigenvalue weighted by Gasteiger charge is 2.17. The van der Waals surface area contributed by atoms with Gasteiger partial charge in [0.25, 0.3) is 5.69 Å². The van der Waals surface area contributed by atoms with Crippen LogP contribution >= 0.6 is 0 Å². The molecule has 3 aromatic rings. The molecule has 1 aliphatic heterocycles. The minimum atomic E-state index is -0.429. The molecule has 0 saturated heterocycles. The molecule has 1 aliphatic rings. The molecule has 0 fully saturated rings. The molecule has 0 aliphatic carbocycles. The summed E-state index contributed by atoms with van der Waals surface area (Å²) in [6, 6.07) is 11.5. The zero-order valence-corrected chi connectivity index (χ0v) is 13.0. The second-order valence-corrected chi connectivity index (χ2v) is 5.81. The summed E-state index contributed by atoms with van der Waals surface area (Å²) in [6.07, 6.45) is 6.51. The number of fused-ring (bicyclic) bond motifs is 1. The Kier molecular flexibility index (Phi) is 3.49. The molecular weight excluding hydrogens is 304 g/mol. The van der Waals surface area contributed by atoms with Crippen LogP contribution in [-0.2, 0) is 0 Å². The molecule has 0 atom stereocenters. The number of anilines is 1. The van der Waals surface area contributed by atoms with Crippen molar-refractivity contribution in [1.82, 2.24) is 9.97 Å². The Balaban J connectivity index is 1.56. The summed E-state index contributed by atoms with van der Waals surface area (Å²) in [7, 11) is 0. The SMILES string of the molecule is O=[N+]([O-])c1ccc(N2CC=C(c3c[nH]c4ccccc34)CC2)nc1. The van der Waals surface area contributed by atoms with Crippen LogP contribution in [0.1, 0.15) is 12.0 Å². The van der Waals surface area contributed by atoms with Crippen molar-refractivity contribution < 1.29 is 4.92 Å². The molecule has 6 nitrogen and oxygen atoms in total.